The summed E-state index contributed by atoms with van der Waals surface area (Å²) in [6.07, 6.45) is 1.68. The first kappa shape index (κ1) is 9.68. The maximum absolute atomic E-state index is 13.4. The van der Waals surface area contributed by atoms with Crippen LogP contribution in [0.2, 0.25) is 5.02 Å². The van der Waals surface area contributed by atoms with Gasteiger partial charge in [0.25, 0.3) is 0 Å². The Kier molecular flexibility index (Phi) is 2.56. The Labute approximate surface area is 86.1 Å². The molecule has 0 unspecified atom stereocenters. The van der Waals surface area contributed by atoms with Gasteiger partial charge >= 0.3 is 0 Å². The van der Waals surface area contributed by atoms with Crippen molar-refractivity contribution >= 4 is 17.4 Å². The zero-order chi connectivity index (χ0) is 10.1. The largest absolute Gasteiger partial charge is 0.391 e. The van der Waals surface area contributed by atoms with E-state index in [1.165, 1.54) is 12.3 Å². The van der Waals surface area contributed by atoms with E-state index in [-0.39, 0.29) is 16.9 Å². The topological polar surface area (TPSA) is 36.4 Å². The molecule has 0 saturated carbocycles. The summed E-state index contributed by atoms with van der Waals surface area (Å²) in [5, 5.41) is 9.57. The van der Waals surface area contributed by atoms with E-state index < -0.39 is 5.82 Å². The smallest absolute Gasteiger partial charge is 0.167 e. The van der Waals surface area contributed by atoms with Crippen LogP contribution in [-0.4, -0.2) is 29.3 Å². The maximum atomic E-state index is 13.4. The van der Waals surface area contributed by atoms with Gasteiger partial charge < -0.3 is 10.0 Å². The van der Waals surface area contributed by atoms with Gasteiger partial charge in [-0.15, -0.1) is 0 Å². The third-order valence-electron chi connectivity index (χ3n) is 2.25. The van der Waals surface area contributed by atoms with Crippen molar-refractivity contribution in [2.45, 2.75) is 12.5 Å². The number of anilines is 1. The number of aliphatic hydroxyl groups is 1. The Morgan fingerprint density at radius 1 is 1.64 bits per heavy atom. The van der Waals surface area contributed by atoms with Crippen molar-refractivity contribution in [2.75, 3.05) is 18.0 Å². The number of β-amino-alcohol motifs (C(OH)–C–C–N with tert-alkyl or cyclic N) is 1. The lowest BCUT2D eigenvalue weighted by Gasteiger charge is -2.16. The van der Waals surface area contributed by atoms with Crippen LogP contribution in [0.3, 0.4) is 0 Å². The van der Waals surface area contributed by atoms with Crippen LogP contribution >= 0.6 is 11.6 Å². The molecular weight excluding hydrogens is 207 g/mol. The number of halogens is 2. The summed E-state index contributed by atoms with van der Waals surface area (Å²) >= 11 is 5.58. The first-order chi connectivity index (χ1) is 6.66. The van der Waals surface area contributed by atoms with Gasteiger partial charge in [-0.05, 0) is 12.5 Å². The standard InChI is InChI=1S/C9H10ClFN2O/c10-6-3-8(11)9(12-4-6)13-2-1-7(14)5-13/h3-4,7,14H,1-2,5H2/t7-/m1/s1. The van der Waals surface area contributed by atoms with Crippen LogP contribution in [0.25, 0.3) is 0 Å². The molecule has 0 aliphatic carbocycles. The molecule has 1 aromatic heterocycles. The van der Waals surface area contributed by atoms with Crippen molar-refractivity contribution < 1.29 is 9.50 Å². The predicted octanol–water partition coefficient (Wildman–Crippen LogP) is 1.45. The van der Waals surface area contributed by atoms with Crippen molar-refractivity contribution in [1.82, 2.24) is 4.98 Å². The SMILES string of the molecule is O[C@@H]1CCN(c2ncc(Cl)cc2F)C1. The fraction of sp³-hybridized carbons (Fsp3) is 0.444. The third-order valence-corrected chi connectivity index (χ3v) is 2.46. The normalized spacial score (nSPS) is 21.6. The highest BCUT2D eigenvalue weighted by Crippen LogP contribution is 2.23. The zero-order valence-electron chi connectivity index (χ0n) is 7.45. The maximum Gasteiger partial charge on any atom is 0.167 e. The molecule has 5 heteroatoms. The lowest BCUT2D eigenvalue weighted by atomic mass is 10.3. The summed E-state index contributed by atoms with van der Waals surface area (Å²) in [6.45, 7) is 1.07. The highest BCUT2D eigenvalue weighted by molar-refractivity contribution is 6.30. The third kappa shape index (κ3) is 1.81. The summed E-state index contributed by atoms with van der Waals surface area (Å²) in [5.74, 6) is -0.169. The molecule has 0 radical (unpaired) electrons. The molecule has 76 valence electrons. The average Bonchev–Trinajstić information content (AvgIpc) is 2.51. The monoisotopic (exact) mass is 216 g/mol. The number of nitrogens with zero attached hydrogens (tertiary/aromatic N) is 2. The van der Waals surface area contributed by atoms with Crippen molar-refractivity contribution in [2.24, 2.45) is 0 Å². The Morgan fingerprint density at radius 3 is 3.00 bits per heavy atom. The lowest BCUT2D eigenvalue weighted by molar-refractivity contribution is 0.198. The number of rotatable bonds is 1. The average molecular weight is 217 g/mol. The van der Waals surface area contributed by atoms with E-state index in [0.29, 0.717) is 19.5 Å². The number of aromatic nitrogens is 1. The molecule has 1 N–H and O–H groups in total. The van der Waals surface area contributed by atoms with Gasteiger partial charge in [0, 0.05) is 19.3 Å². The summed E-state index contributed by atoms with van der Waals surface area (Å²) in [5.41, 5.74) is 0. The van der Waals surface area contributed by atoms with Gasteiger partial charge in [-0.3, -0.25) is 0 Å². The second-order valence-corrected chi connectivity index (χ2v) is 3.78. The predicted molar refractivity (Wildman–Crippen MR) is 52.0 cm³/mol. The Morgan fingerprint density at radius 2 is 2.43 bits per heavy atom. The molecule has 2 heterocycles. The minimum Gasteiger partial charge on any atom is -0.391 e. The Balaban J connectivity index is 2.24. The fourth-order valence-corrected chi connectivity index (χ4v) is 1.72. The molecule has 0 aromatic carbocycles. The second kappa shape index (κ2) is 3.71. The van der Waals surface area contributed by atoms with Gasteiger partial charge in [-0.2, -0.15) is 0 Å². The second-order valence-electron chi connectivity index (χ2n) is 3.35. The minimum atomic E-state index is -0.438. The number of hydrogen-bond donors (Lipinski definition) is 1. The fourth-order valence-electron chi connectivity index (χ4n) is 1.57. The van der Waals surface area contributed by atoms with E-state index >= 15 is 0 Å². The number of aliphatic hydroxyl groups excluding tert-OH is 1. The summed E-state index contributed by atoms with van der Waals surface area (Å²) in [4.78, 5) is 5.62. The van der Waals surface area contributed by atoms with Crippen LogP contribution in [0.5, 0.6) is 0 Å². The van der Waals surface area contributed by atoms with E-state index in [4.69, 9.17) is 11.6 Å². The van der Waals surface area contributed by atoms with Crippen LogP contribution in [0.15, 0.2) is 12.3 Å². The van der Waals surface area contributed by atoms with Gasteiger partial charge in [0.1, 0.15) is 0 Å². The van der Waals surface area contributed by atoms with Gasteiger partial charge in [-0.25, -0.2) is 9.37 Å². The van der Waals surface area contributed by atoms with Crippen molar-refractivity contribution in [3.8, 4) is 0 Å². The molecule has 14 heavy (non-hydrogen) atoms. The molecule has 0 spiro atoms. The van der Waals surface area contributed by atoms with Crippen LogP contribution in [0.1, 0.15) is 6.42 Å². The zero-order valence-corrected chi connectivity index (χ0v) is 8.21. The van der Waals surface area contributed by atoms with Crippen LogP contribution in [0, 0.1) is 5.82 Å². The van der Waals surface area contributed by atoms with Crippen LogP contribution in [0.4, 0.5) is 10.2 Å². The molecule has 1 saturated heterocycles. The van der Waals surface area contributed by atoms with Crippen molar-refractivity contribution in [1.29, 1.82) is 0 Å². The molecule has 1 fully saturated rings. The van der Waals surface area contributed by atoms with E-state index in [1.807, 2.05) is 0 Å². The molecule has 1 aliphatic heterocycles. The molecule has 2 rings (SSSR count). The first-order valence-corrected chi connectivity index (χ1v) is 4.78. The van der Waals surface area contributed by atoms with Gasteiger partial charge in [-0.1, -0.05) is 11.6 Å². The summed E-state index contributed by atoms with van der Waals surface area (Å²) < 4.78 is 13.4. The van der Waals surface area contributed by atoms with Crippen molar-refractivity contribution in [3.63, 3.8) is 0 Å². The van der Waals surface area contributed by atoms with Gasteiger partial charge in [0.05, 0.1) is 11.1 Å². The van der Waals surface area contributed by atoms with Gasteiger partial charge in [0.2, 0.25) is 0 Å². The van der Waals surface area contributed by atoms with E-state index in [1.54, 1.807) is 4.90 Å². The summed E-state index contributed by atoms with van der Waals surface area (Å²) in [6, 6.07) is 1.23. The quantitative estimate of drug-likeness (QED) is 0.772. The Bertz CT molecular complexity index is 348. The highest BCUT2D eigenvalue weighted by Gasteiger charge is 2.23. The number of hydrogen-bond acceptors (Lipinski definition) is 3. The molecule has 3 nitrogen and oxygen atoms in total. The van der Waals surface area contributed by atoms with Crippen molar-refractivity contribution in [3.05, 3.63) is 23.1 Å². The Hall–Kier alpha value is -0.870. The molecule has 0 amide bonds. The highest BCUT2D eigenvalue weighted by atomic mass is 35.5. The van der Waals surface area contributed by atoms with Gasteiger partial charge in [0.15, 0.2) is 11.6 Å². The molecule has 1 aromatic rings. The molecule has 1 atom stereocenters. The summed E-state index contributed by atoms with van der Waals surface area (Å²) in [7, 11) is 0. The van der Waals surface area contributed by atoms with E-state index in [2.05, 4.69) is 4.98 Å². The van der Waals surface area contributed by atoms with E-state index in [0.717, 1.165) is 0 Å². The number of pyridine rings is 1. The van der Waals surface area contributed by atoms with Crippen LogP contribution in [-0.2, 0) is 0 Å². The lowest BCUT2D eigenvalue weighted by Crippen LogP contribution is -2.23. The molecule has 1 aliphatic rings. The molecule has 0 bridgehead atoms. The molecular formula is C9H10ClFN2O. The first-order valence-electron chi connectivity index (χ1n) is 4.41. The van der Waals surface area contributed by atoms with Crippen LogP contribution < -0.4 is 4.90 Å². The van der Waals surface area contributed by atoms with E-state index in [9.17, 15) is 9.50 Å². The minimum absolute atomic E-state index is 0.269.